The van der Waals surface area contributed by atoms with Crippen molar-refractivity contribution in [1.82, 2.24) is 10.3 Å². The van der Waals surface area contributed by atoms with Crippen LogP contribution in [-0.2, 0) is 6.42 Å². The first-order chi connectivity index (χ1) is 10.1. The molecule has 1 heterocycles. The van der Waals surface area contributed by atoms with E-state index < -0.39 is 0 Å². The molecule has 21 heavy (non-hydrogen) atoms. The number of nitrogens with one attached hydrogen (secondary N) is 1. The molecule has 0 radical (unpaired) electrons. The predicted octanol–water partition coefficient (Wildman–Crippen LogP) is 4.29. The van der Waals surface area contributed by atoms with E-state index in [-0.39, 0.29) is 6.04 Å². The summed E-state index contributed by atoms with van der Waals surface area (Å²) in [5.41, 5.74) is 6.31. The molecule has 1 unspecified atom stereocenters. The van der Waals surface area contributed by atoms with Crippen LogP contribution in [0.25, 0.3) is 0 Å². The molecule has 0 spiro atoms. The third-order valence-corrected chi connectivity index (χ3v) is 3.84. The van der Waals surface area contributed by atoms with Crippen molar-refractivity contribution in [3.05, 3.63) is 64.5 Å². The summed E-state index contributed by atoms with van der Waals surface area (Å²) < 4.78 is 0. The fourth-order valence-electron chi connectivity index (χ4n) is 2.60. The molecule has 2 heteroatoms. The zero-order valence-corrected chi connectivity index (χ0v) is 13.6. The van der Waals surface area contributed by atoms with E-state index in [1.54, 1.807) is 0 Å². The van der Waals surface area contributed by atoms with Crippen LogP contribution in [-0.4, -0.2) is 11.5 Å². The smallest absolute Gasteiger partial charge is 0.0579 e. The zero-order chi connectivity index (χ0) is 15.2. The van der Waals surface area contributed by atoms with Gasteiger partial charge >= 0.3 is 0 Å². The van der Waals surface area contributed by atoms with Gasteiger partial charge in [0.1, 0.15) is 0 Å². The maximum atomic E-state index is 4.71. The number of pyridine rings is 1. The molecule has 0 fully saturated rings. The Labute approximate surface area is 128 Å². The standard InChI is InChI=1S/C19H26N2/c1-5-11-20-19(18-8-6-7-16(4)21-18)13-17-12-14(2)9-10-15(17)3/h6-10,12,19-20H,5,11,13H2,1-4H3. The minimum atomic E-state index is 0.283. The molecule has 0 saturated carbocycles. The van der Waals surface area contributed by atoms with Crippen molar-refractivity contribution >= 4 is 0 Å². The summed E-state index contributed by atoms with van der Waals surface area (Å²) in [6, 6.07) is 13.3. The normalized spacial score (nSPS) is 12.4. The quantitative estimate of drug-likeness (QED) is 0.855. The van der Waals surface area contributed by atoms with Gasteiger partial charge in [-0.2, -0.15) is 0 Å². The Balaban J connectivity index is 2.25. The molecular formula is C19H26N2. The van der Waals surface area contributed by atoms with Gasteiger partial charge in [0.2, 0.25) is 0 Å². The van der Waals surface area contributed by atoms with Crippen LogP contribution < -0.4 is 5.32 Å². The fourth-order valence-corrected chi connectivity index (χ4v) is 2.60. The summed E-state index contributed by atoms with van der Waals surface area (Å²) in [4.78, 5) is 4.71. The Morgan fingerprint density at radius 1 is 1.10 bits per heavy atom. The highest BCUT2D eigenvalue weighted by atomic mass is 14.9. The number of aromatic nitrogens is 1. The number of aryl methyl sites for hydroxylation is 3. The van der Waals surface area contributed by atoms with Gasteiger partial charge in [0.15, 0.2) is 0 Å². The van der Waals surface area contributed by atoms with Crippen LogP contribution in [0, 0.1) is 20.8 Å². The highest BCUT2D eigenvalue weighted by molar-refractivity contribution is 5.32. The van der Waals surface area contributed by atoms with Crippen LogP contribution in [0.1, 0.15) is 47.5 Å². The highest BCUT2D eigenvalue weighted by Crippen LogP contribution is 2.20. The van der Waals surface area contributed by atoms with Crippen LogP contribution in [0.4, 0.5) is 0 Å². The van der Waals surface area contributed by atoms with Crippen molar-refractivity contribution in [2.75, 3.05) is 6.54 Å². The van der Waals surface area contributed by atoms with Crippen molar-refractivity contribution in [3.8, 4) is 0 Å². The average Bonchev–Trinajstić information content (AvgIpc) is 2.47. The highest BCUT2D eigenvalue weighted by Gasteiger charge is 2.14. The first-order valence-electron chi connectivity index (χ1n) is 7.83. The van der Waals surface area contributed by atoms with Gasteiger partial charge in [-0.05, 0) is 63.4 Å². The average molecular weight is 282 g/mol. The molecular weight excluding hydrogens is 256 g/mol. The molecule has 0 aliphatic carbocycles. The first-order valence-corrected chi connectivity index (χ1v) is 7.83. The second-order valence-electron chi connectivity index (χ2n) is 5.84. The van der Waals surface area contributed by atoms with E-state index >= 15 is 0 Å². The Morgan fingerprint density at radius 3 is 2.62 bits per heavy atom. The maximum Gasteiger partial charge on any atom is 0.0579 e. The summed E-state index contributed by atoms with van der Waals surface area (Å²) in [6.45, 7) is 9.62. The van der Waals surface area contributed by atoms with E-state index in [2.05, 4.69) is 69.4 Å². The van der Waals surface area contributed by atoms with Crippen LogP contribution in [0.2, 0.25) is 0 Å². The third kappa shape index (κ3) is 4.40. The van der Waals surface area contributed by atoms with Gasteiger partial charge in [-0.3, -0.25) is 4.98 Å². The van der Waals surface area contributed by atoms with Crippen molar-refractivity contribution in [1.29, 1.82) is 0 Å². The number of benzene rings is 1. The minimum absolute atomic E-state index is 0.283. The molecule has 1 N–H and O–H groups in total. The van der Waals surface area contributed by atoms with Gasteiger partial charge in [0.05, 0.1) is 11.7 Å². The summed E-state index contributed by atoms with van der Waals surface area (Å²) in [5.74, 6) is 0. The Bertz CT molecular complexity index is 590. The number of nitrogens with zero attached hydrogens (tertiary/aromatic N) is 1. The van der Waals surface area contributed by atoms with E-state index in [0.29, 0.717) is 0 Å². The van der Waals surface area contributed by atoms with Gasteiger partial charge < -0.3 is 5.32 Å². The molecule has 1 aromatic heterocycles. The van der Waals surface area contributed by atoms with E-state index in [0.717, 1.165) is 30.8 Å². The Hall–Kier alpha value is -1.67. The van der Waals surface area contributed by atoms with Gasteiger partial charge in [-0.25, -0.2) is 0 Å². The number of hydrogen-bond acceptors (Lipinski definition) is 2. The molecule has 2 rings (SSSR count). The second kappa shape index (κ2) is 7.37. The third-order valence-electron chi connectivity index (χ3n) is 3.84. The lowest BCUT2D eigenvalue weighted by atomic mass is 9.97. The minimum Gasteiger partial charge on any atom is -0.308 e. The first kappa shape index (κ1) is 15.7. The molecule has 0 bridgehead atoms. The van der Waals surface area contributed by atoms with Gasteiger partial charge in [0, 0.05) is 5.69 Å². The zero-order valence-electron chi connectivity index (χ0n) is 13.6. The summed E-state index contributed by atoms with van der Waals surface area (Å²) in [6.07, 6.45) is 2.12. The van der Waals surface area contributed by atoms with Crippen molar-refractivity contribution in [2.24, 2.45) is 0 Å². The van der Waals surface area contributed by atoms with Crippen LogP contribution in [0.15, 0.2) is 36.4 Å². The molecule has 112 valence electrons. The van der Waals surface area contributed by atoms with E-state index in [9.17, 15) is 0 Å². The van der Waals surface area contributed by atoms with Crippen molar-refractivity contribution in [3.63, 3.8) is 0 Å². The molecule has 1 aromatic carbocycles. The van der Waals surface area contributed by atoms with Crippen LogP contribution >= 0.6 is 0 Å². The fraction of sp³-hybridized carbons (Fsp3) is 0.421. The predicted molar refractivity (Wildman–Crippen MR) is 89.6 cm³/mol. The largest absolute Gasteiger partial charge is 0.308 e. The number of hydrogen-bond donors (Lipinski definition) is 1. The van der Waals surface area contributed by atoms with E-state index in [4.69, 9.17) is 4.98 Å². The van der Waals surface area contributed by atoms with Gasteiger partial charge in [-0.15, -0.1) is 0 Å². The molecule has 2 nitrogen and oxygen atoms in total. The molecule has 0 amide bonds. The van der Waals surface area contributed by atoms with Crippen molar-refractivity contribution in [2.45, 2.75) is 46.6 Å². The Morgan fingerprint density at radius 2 is 1.90 bits per heavy atom. The maximum absolute atomic E-state index is 4.71. The second-order valence-corrected chi connectivity index (χ2v) is 5.84. The summed E-state index contributed by atoms with van der Waals surface area (Å²) in [7, 11) is 0. The molecule has 0 saturated heterocycles. The lowest BCUT2D eigenvalue weighted by Crippen LogP contribution is -2.25. The molecule has 0 aliphatic rings. The lowest BCUT2D eigenvalue weighted by molar-refractivity contribution is 0.516. The summed E-state index contributed by atoms with van der Waals surface area (Å²) in [5, 5.41) is 3.65. The van der Waals surface area contributed by atoms with E-state index in [1.165, 1.54) is 16.7 Å². The van der Waals surface area contributed by atoms with Crippen LogP contribution in [0.5, 0.6) is 0 Å². The molecule has 0 aliphatic heterocycles. The SMILES string of the molecule is CCCNC(Cc1cc(C)ccc1C)c1cccc(C)n1. The van der Waals surface area contributed by atoms with Crippen LogP contribution in [0.3, 0.4) is 0 Å². The summed E-state index contributed by atoms with van der Waals surface area (Å²) >= 11 is 0. The van der Waals surface area contributed by atoms with E-state index in [1.807, 2.05) is 0 Å². The molecule has 1 atom stereocenters. The lowest BCUT2D eigenvalue weighted by Gasteiger charge is -2.20. The van der Waals surface area contributed by atoms with Gasteiger partial charge in [-0.1, -0.05) is 36.8 Å². The molecule has 2 aromatic rings. The van der Waals surface area contributed by atoms with Crippen molar-refractivity contribution < 1.29 is 0 Å². The van der Waals surface area contributed by atoms with Gasteiger partial charge in [0.25, 0.3) is 0 Å². The monoisotopic (exact) mass is 282 g/mol. The number of rotatable bonds is 6. The topological polar surface area (TPSA) is 24.9 Å². The Kier molecular flexibility index (Phi) is 5.51.